The first-order valence-electron chi connectivity index (χ1n) is 9.20. The molecule has 1 fully saturated rings. The van der Waals surface area contributed by atoms with Crippen LogP contribution in [0.25, 0.3) is 11.4 Å². The van der Waals surface area contributed by atoms with Crippen molar-refractivity contribution in [3.05, 3.63) is 76.3 Å². The highest BCUT2D eigenvalue weighted by atomic mass is 35.5. The predicted octanol–water partition coefficient (Wildman–Crippen LogP) is 4.28. The van der Waals surface area contributed by atoms with Gasteiger partial charge >= 0.3 is 5.97 Å². The maximum absolute atomic E-state index is 13.4. The number of nitrogens with zero attached hydrogens (tertiary/aromatic N) is 4. The molecule has 1 N–H and O–H groups in total. The van der Waals surface area contributed by atoms with E-state index in [1.54, 1.807) is 48.8 Å². The summed E-state index contributed by atoms with van der Waals surface area (Å²) in [5.74, 6) is -1.28. The molecule has 1 saturated heterocycles. The van der Waals surface area contributed by atoms with Gasteiger partial charge in [0.25, 0.3) is 5.91 Å². The fourth-order valence-corrected chi connectivity index (χ4v) is 4.14. The Bertz CT molecular complexity index is 1110. The van der Waals surface area contributed by atoms with Gasteiger partial charge in [0.1, 0.15) is 11.2 Å². The third-order valence-corrected chi connectivity index (χ3v) is 5.71. The highest BCUT2D eigenvalue weighted by Crippen LogP contribution is 2.40. The van der Waals surface area contributed by atoms with Gasteiger partial charge in [-0.2, -0.15) is 0 Å². The van der Waals surface area contributed by atoms with E-state index in [0.29, 0.717) is 34.8 Å². The maximum atomic E-state index is 13.4. The number of rotatable bonds is 4. The van der Waals surface area contributed by atoms with Crippen molar-refractivity contribution in [2.45, 2.75) is 24.9 Å². The van der Waals surface area contributed by atoms with Crippen LogP contribution < -0.4 is 0 Å². The number of carboxylic acid groups (broad SMARTS) is 1. The van der Waals surface area contributed by atoms with Gasteiger partial charge in [0.2, 0.25) is 0 Å². The minimum absolute atomic E-state index is 0.0414. The van der Waals surface area contributed by atoms with E-state index in [0.717, 1.165) is 0 Å². The van der Waals surface area contributed by atoms with Crippen LogP contribution in [-0.2, 0) is 4.79 Å². The smallest absolute Gasteiger partial charge is 0.326 e. The molecular formula is C21H16Cl2N4O3. The molecule has 3 heterocycles. The van der Waals surface area contributed by atoms with Crippen LogP contribution in [0, 0.1) is 0 Å². The van der Waals surface area contributed by atoms with Crippen LogP contribution in [-0.4, -0.2) is 42.9 Å². The van der Waals surface area contributed by atoms with Gasteiger partial charge in [0, 0.05) is 29.2 Å². The Labute approximate surface area is 182 Å². The lowest BCUT2D eigenvalue weighted by molar-refractivity contribution is -0.141. The Kier molecular flexibility index (Phi) is 5.65. The van der Waals surface area contributed by atoms with Crippen LogP contribution in [0.5, 0.6) is 0 Å². The highest BCUT2D eigenvalue weighted by molar-refractivity contribution is 6.33. The zero-order chi connectivity index (χ0) is 21.3. The number of halogens is 2. The third-order valence-electron chi connectivity index (χ3n) is 5.08. The molecule has 4 rings (SSSR count). The Hall–Kier alpha value is -3.03. The van der Waals surface area contributed by atoms with Crippen LogP contribution >= 0.6 is 23.2 Å². The van der Waals surface area contributed by atoms with Crippen molar-refractivity contribution in [3.8, 4) is 11.4 Å². The Morgan fingerprint density at radius 1 is 1.07 bits per heavy atom. The van der Waals surface area contributed by atoms with E-state index in [1.807, 2.05) is 0 Å². The number of carbonyl (C=O) groups is 2. The summed E-state index contributed by atoms with van der Waals surface area (Å²) in [5, 5.41) is 10.1. The van der Waals surface area contributed by atoms with Crippen LogP contribution in [0.4, 0.5) is 0 Å². The maximum Gasteiger partial charge on any atom is 0.326 e. The number of likely N-dealkylation sites (tertiary alicyclic amines) is 1. The number of benzene rings is 1. The van der Waals surface area contributed by atoms with Gasteiger partial charge in [-0.15, -0.1) is 0 Å². The number of amides is 1. The normalized spacial score (nSPS) is 18.4. The van der Waals surface area contributed by atoms with Crippen LogP contribution in [0.1, 0.15) is 34.8 Å². The van der Waals surface area contributed by atoms with E-state index < -0.39 is 24.0 Å². The lowest BCUT2D eigenvalue weighted by atomic mass is 10.0. The van der Waals surface area contributed by atoms with Crippen molar-refractivity contribution in [3.63, 3.8) is 0 Å². The second kappa shape index (κ2) is 8.38. The standard InChI is InChI=1S/C21H16Cl2N4O3/c22-15-4-2-1-3-13(15)16-5-6-17(21(29)30)27(16)20(28)14-11-25-19(26-18(14)23)12-7-9-24-10-8-12/h1-4,7-11,16-17H,5-6H2,(H,29,30). The predicted molar refractivity (Wildman–Crippen MR) is 111 cm³/mol. The molecule has 0 radical (unpaired) electrons. The van der Waals surface area contributed by atoms with Crippen LogP contribution in [0.15, 0.2) is 55.0 Å². The molecule has 1 aliphatic heterocycles. The lowest BCUT2D eigenvalue weighted by Gasteiger charge is -2.29. The first-order chi connectivity index (χ1) is 14.5. The average Bonchev–Trinajstić information content (AvgIpc) is 3.19. The molecule has 0 saturated carbocycles. The summed E-state index contributed by atoms with van der Waals surface area (Å²) >= 11 is 12.6. The van der Waals surface area contributed by atoms with Gasteiger partial charge in [-0.1, -0.05) is 41.4 Å². The number of carbonyl (C=O) groups excluding carboxylic acids is 1. The molecule has 3 aromatic rings. The van der Waals surface area contributed by atoms with Gasteiger partial charge in [-0.05, 0) is 36.6 Å². The molecule has 9 heteroatoms. The number of aromatic nitrogens is 3. The minimum Gasteiger partial charge on any atom is -0.480 e. The summed E-state index contributed by atoms with van der Waals surface area (Å²) in [4.78, 5) is 38.9. The number of carboxylic acids is 1. The molecule has 152 valence electrons. The zero-order valence-electron chi connectivity index (χ0n) is 15.6. The third kappa shape index (κ3) is 3.74. The largest absolute Gasteiger partial charge is 0.480 e. The molecular weight excluding hydrogens is 427 g/mol. The number of hydrogen-bond acceptors (Lipinski definition) is 5. The molecule has 1 aliphatic rings. The molecule has 0 spiro atoms. The van der Waals surface area contributed by atoms with E-state index in [4.69, 9.17) is 23.2 Å². The summed E-state index contributed by atoms with van der Waals surface area (Å²) < 4.78 is 0. The van der Waals surface area contributed by atoms with Crippen molar-refractivity contribution in [1.29, 1.82) is 0 Å². The molecule has 30 heavy (non-hydrogen) atoms. The van der Waals surface area contributed by atoms with E-state index >= 15 is 0 Å². The van der Waals surface area contributed by atoms with E-state index in [2.05, 4.69) is 15.0 Å². The molecule has 1 aromatic carbocycles. The highest BCUT2D eigenvalue weighted by Gasteiger charge is 2.43. The molecule has 7 nitrogen and oxygen atoms in total. The zero-order valence-corrected chi connectivity index (χ0v) is 17.1. The summed E-state index contributed by atoms with van der Waals surface area (Å²) in [5.41, 5.74) is 1.44. The van der Waals surface area contributed by atoms with Crippen molar-refractivity contribution >= 4 is 35.1 Å². The van der Waals surface area contributed by atoms with Crippen LogP contribution in [0.2, 0.25) is 10.2 Å². The van der Waals surface area contributed by atoms with Gasteiger partial charge in [-0.25, -0.2) is 14.8 Å². The first-order valence-corrected chi connectivity index (χ1v) is 9.96. The molecule has 0 bridgehead atoms. The molecule has 0 aliphatic carbocycles. The van der Waals surface area contributed by atoms with E-state index in [9.17, 15) is 14.7 Å². The second-order valence-electron chi connectivity index (χ2n) is 6.82. The molecule has 1 amide bonds. The van der Waals surface area contributed by atoms with E-state index in [1.165, 1.54) is 11.1 Å². The summed E-state index contributed by atoms with van der Waals surface area (Å²) in [6.45, 7) is 0. The Morgan fingerprint density at radius 3 is 2.47 bits per heavy atom. The van der Waals surface area contributed by atoms with Crippen molar-refractivity contribution in [2.75, 3.05) is 0 Å². The summed E-state index contributed by atoms with van der Waals surface area (Å²) in [6.07, 6.45) is 5.31. The average molecular weight is 443 g/mol. The monoisotopic (exact) mass is 442 g/mol. The van der Waals surface area contributed by atoms with Crippen molar-refractivity contribution < 1.29 is 14.7 Å². The van der Waals surface area contributed by atoms with Crippen molar-refractivity contribution in [2.24, 2.45) is 0 Å². The molecule has 2 unspecified atom stereocenters. The van der Waals surface area contributed by atoms with E-state index in [-0.39, 0.29) is 10.7 Å². The SMILES string of the molecule is O=C(O)C1CCC(c2ccccc2Cl)N1C(=O)c1cnc(-c2ccncc2)nc1Cl. The molecule has 2 atom stereocenters. The number of pyridine rings is 1. The molecule has 2 aromatic heterocycles. The fraction of sp³-hybridized carbons (Fsp3) is 0.190. The lowest BCUT2D eigenvalue weighted by Crippen LogP contribution is -2.42. The minimum atomic E-state index is -1.08. The Morgan fingerprint density at radius 2 is 1.80 bits per heavy atom. The number of hydrogen-bond donors (Lipinski definition) is 1. The Balaban J connectivity index is 1.72. The van der Waals surface area contributed by atoms with Gasteiger partial charge in [0.15, 0.2) is 5.82 Å². The van der Waals surface area contributed by atoms with Gasteiger partial charge in [0.05, 0.1) is 11.6 Å². The number of aliphatic carboxylic acids is 1. The van der Waals surface area contributed by atoms with Gasteiger partial charge in [-0.3, -0.25) is 9.78 Å². The quantitative estimate of drug-likeness (QED) is 0.605. The van der Waals surface area contributed by atoms with Crippen LogP contribution in [0.3, 0.4) is 0 Å². The summed E-state index contributed by atoms with van der Waals surface area (Å²) in [7, 11) is 0. The van der Waals surface area contributed by atoms with Gasteiger partial charge < -0.3 is 10.0 Å². The summed E-state index contributed by atoms with van der Waals surface area (Å²) in [6, 6.07) is 9.07. The topological polar surface area (TPSA) is 96.3 Å². The first kappa shape index (κ1) is 20.3. The fourth-order valence-electron chi connectivity index (χ4n) is 3.67. The van der Waals surface area contributed by atoms with Crippen molar-refractivity contribution in [1.82, 2.24) is 19.9 Å². The second-order valence-corrected chi connectivity index (χ2v) is 7.58.